The Morgan fingerprint density at radius 2 is 2.09 bits per heavy atom. The Hall–Kier alpha value is -1.54. The van der Waals surface area contributed by atoms with Gasteiger partial charge in [-0.1, -0.05) is 0 Å². The summed E-state index contributed by atoms with van der Waals surface area (Å²) in [4.78, 5) is 26.0. The number of rotatable bonds is 7. The third kappa shape index (κ3) is 4.48. The fourth-order valence-corrected chi connectivity index (χ4v) is 4.39. The maximum Gasteiger partial charge on any atom is 0.305 e. The van der Waals surface area contributed by atoms with E-state index in [1.807, 2.05) is 13.0 Å². The Morgan fingerprint density at radius 3 is 2.78 bits per heavy atom. The van der Waals surface area contributed by atoms with Gasteiger partial charge in [0.2, 0.25) is 11.8 Å². The molecule has 0 aliphatic carbocycles. The molecule has 126 valence electrons. The third-order valence-electron chi connectivity index (χ3n) is 3.18. The Labute approximate surface area is 143 Å². The monoisotopic (exact) mass is 356 g/mol. The molecule has 0 saturated carbocycles. The number of nitrogens with one attached hydrogen (secondary N) is 1. The number of carbonyl (C=O) groups excluding carboxylic acids is 2. The van der Waals surface area contributed by atoms with Crippen LogP contribution < -0.4 is 4.90 Å². The summed E-state index contributed by atoms with van der Waals surface area (Å²) in [5, 5.41) is 7.88. The van der Waals surface area contributed by atoms with Gasteiger partial charge in [0, 0.05) is 13.0 Å². The summed E-state index contributed by atoms with van der Waals surface area (Å²) >= 11 is 2.95. The van der Waals surface area contributed by atoms with Crippen molar-refractivity contribution in [2.45, 2.75) is 30.9 Å². The number of carbonyl (C=O) groups is 2. The zero-order chi connectivity index (χ0) is 16.8. The molecule has 1 amide bonds. The summed E-state index contributed by atoms with van der Waals surface area (Å²) in [5.41, 5.74) is 0.819. The highest BCUT2D eigenvalue weighted by Crippen LogP contribution is 2.42. The van der Waals surface area contributed by atoms with Gasteiger partial charge >= 0.3 is 5.97 Å². The van der Waals surface area contributed by atoms with Gasteiger partial charge in [-0.2, -0.15) is 0 Å². The van der Waals surface area contributed by atoms with E-state index in [4.69, 9.17) is 14.9 Å². The van der Waals surface area contributed by atoms with E-state index in [1.165, 1.54) is 23.1 Å². The number of anilines is 1. The molecule has 1 aromatic heterocycles. The number of thiophene rings is 1. The van der Waals surface area contributed by atoms with E-state index in [-0.39, 0.29) is 17.8 Å². The van der Waals surface area contributed by atoms with Crippen molar-refractivity contribution in [1.82, 2.24) is 0 Å². The van der Waals surface area contributed by atoms with Gasteiger partial charge < -0.3 is 14.4 Å². The van der Waals surface area contributed by atoms with E-state index in [1.54, 1.807) is 11.8 Å². The van der Waals surface area contributed by atoms with Crippen LogP contribution in [0.2, 0.25) is 0 Å². The summed E-state index contributed by atoms with van der Waals surface area (Å²) in [6.07, 6.45) is 0.856. The average molecular weight is 356 g/mol. The molecule has 2 rings (SSSR count). The number of nitrogens with zero attached hydrogens (tertiary/aromatic N) is 1. The van der Waals surface area contributed by atoms with E-state index in [0.717, 1.165) is 14.8 Å². The van der Waals surface area contributed by atoms with Crippen LogP contribution in [0.3, 0.4) is 0 Å². The lowest BCUT2D eigenvalue weighted by molar-refractivity contribution is -0.143. The van der Waals surface area contributed by atoms with Crippen molar-refractivity contribution >= 4 is 46.6 Å². The van der Waals surface area contributed by atoms with Crippen molar-refractivity contribution in [2.24, 2.45) is 0 Å². The lowest BCUT2D eigenvalue weighted by Gasteiger charge is -2.26. The lowest BCUT2D eigenvalue weighted by Crippen LogP contribution is -2.35. The minimum atomic E-state index is -0.240. The molecule has 0 unspecified atom stereocenters. The second kappa shape index (κ2) is 8.35. The van der Waals surface area contributed by atoms with Crippen molar-refractivity contribution in [1.29, 1.82) is 5.41 Å². The molecule has 0 aromatic carbocycles. The number of hydrogen-bond donors (Lipinski definition) is 1. The maximum atomic E-state index is 12.2. The lowest BCUT2D eigenvalue weighted by atomic mass is 10.2. The van der Waals surface area contributed by atoms with Gasteiger partial charge in [0.15, 0.2) is 0 Å². The quantitative estimate of drug-likeness (QED) is 0.462. The van der Waals surface area contributed by atoms with Crippen LogP contribution in [-0.4, -0.2) is 43.3 Å². The smallest absolute Gasteiger partial charge is 0.305 e. The zero-order valence-corrected chi connectivity index (χ0v) is 14.8. The fraction of sp³-hybridized carbons (Fsp3) is 0.533. The molecule has 1 aromatic rings. The van der Waals surface area contributed by atoms with Gasteiger partial charge in [-0.15, -0.1) is 23.1 Å². The van der Waals surface area contributed by atoms with Crippen LogP contribution >= 0.6 is 23.1 Å². The first-order chi connectivity index (χ1) is 11.1. The van der Waals surface area contributed by atoms with Gasteiger partial charge in [0.05, 0.1) is 33.7 Å². The molecular weight excluding hydrogens is 336 g/mol. The molecule has 6 nitrogen and oxygen atoms in total. The largest absolute Gasteiger partial charge is 0.477 e. The van der Waals surface area contributed by atoms with Gasteiger partial charge in [-0.05, 0) is 26.3 Å². The number of hydrogen-bond acceptors (Lipinski definition) is 7. The Balaban J connectivity index is 2.05. The summed E-state index contributed by atoms with van der Waals surface area (Å²) < 4.78 is 11.1. The highest BCUT2D eigenvalue weighted by atomic mass is 32.2. The number of thioether (sulfide) groups is 1. The van der Waals surface area contributed by atoms with Crippen molar-refractivity contribution in [3.8, 4) is 0 Å². The number of esters is 1. The van der Waals surface area contributed by atoms with Crippen LogP contribution in [0, 0.1) is 5.41 Å². The van der Waals surface area contributed by atoms with Gasteiger partial charge in [0.25, 0.3) is 0 Å². The summed E-state index contributed by atoms with van der Waals surface area (Å²) in [6.45, 7) is 4.90. The Bertz CT molecular complexity index is 600. The van der Waals surface area contributed by atoms with Crippen molar-refractivity contribution < 1.29 is 19.1 Å². The molecule has 1 N–H and O–H groups in total. The molecule has 0 radical (unpaired) electrons. The molecule has 2 heterocycles. The average Bonchev–Trinajstić information content (AvgIpc) is 2.94. The molecule has 0 bridgehead atoms. The van der Waals surface area contributed by atoms with Gasteiger partial charge in [-0.25, -0.2) is 0 Å². The van der Waals surface area contributed by atoms with Crippen LogP contribution in [-0.2, 0) is 19.1 Å². The van der Waals surface area contributed by atoms with Crippen LogP contribution in [0.15, 0.2) is 10.3 Å². The van der Waals surface area contributed by atoms with Gasteiger partial charge in [0.1, 0.15) is 0 Å². The molecule has 1 aliphatic rings. The molecule has 23 heavy (non-hydrogen) atoms. The molecule has 1 aliphatic heterocycles. The Kier molecular flexibility index (Phi) is 6.47. The SMILES string of the molecule is CCOC(=N)c1cc2c(s1)SCC(=O)N2CCCC(=O)OCC. The standard InChI is InChI=1S/C15H20N2O4S2/c1-3-20-13(19)6-5-7-17-10-8-11(14(16)21-4-2)23-15(10)22-9-12(17)18/h8,16H,3-7,9H2,1-2H3. The van der Waals surface area contributed by atoms with E-state index < -0.39 is 0 Å². The normalized spacial score (nSPS) is 13.7. The molecule has 0 atom stereocenters. The van der Waals surface area contributed by atoms with E-state index in [0.29, 0.717) is 38.4 Å². The molecular formula is C15H20N2O4S2. The minimum Gasteiger partial charge on any atom is -0.477 e. The van der Waals surface area contributed by atoms with Crippen LogP contribution in [0.5, 0.6) is 0 Å². The number of amides is 1. The van der Waals surface area contributed by atoms with Crippen molar-refractivity contribution in [3.05, 3.63) is 10.9 Å². The fourth-order valence-electron chi connectivity index (χ4n) is 2.18. The first kappa shape index (κ1) is 17.8. The second-order valence-electron chi connectivity index (χ2n) is 4.79. The van der Waals surface area contributed by atoms with E-state index >= 15 is 0 Å². The molecule has 0 fully saturated rings. The minimum absolute atomic E-state index is 0.0265. The van der Waals surface area contributed by atoms with Crippen LogP contribution in [0.4, 0.5) is 5.69 Å². The van der Waals surface area contributed by atoms with Crippen molar-refractivity contribution in [3.63, 3.8) is 0 Å². The molecule has 8 heteroatoms. The number of fused-ring (bicyclic) bond motifs is 1. The van der Waals surface area contributed by atoms with E-state index in [9.17, 15) is 9.59 Å². The highest BCUT2D eigenvalue weighted by Gasteiger charge is 2.28. The zero-order valence-electron chi connectivity index (χ0n) is 13.2. The predicted molar refractivity (Wildman–Crippen MR) is 91.7 cm³/mol. The van der Waals surface area contributed by atoms with E-state index in [2.05, 4.69) is 0 Å². The summed E-state index contributed by atoms with van der Waals surface area (Å²) in [5.74, 6) is 0.301. The molecule has 0 spiro atoms. The maximum absolute atomic E-state index is 12.2. The third-order valence-corrected chi connectivity index (χ3v) is 5.56. The first-order valence-electron chi connectivity index (χ1n) is 7.51. The van der Waals surface area contributed by atoms with Crippen LogP contribution in [0.25, 0.3) is 0 Å². The second-order valence-corrected chi connectivity index (χ2v) is 7.08. The predicted octanol–water partition coefficient (Wildman–Crippen LogP) is 2.89. The topological polar surface area (TPSA) is 79.7 Å². The van der Waals surface area contributed by atoms with Crippen LogP contribution in [0.1, 0.15) is 31.6 Å². The highest BCUT2D eigenvalue weighted by molar-refractivity contribution is 8.02. The first-order valence-corrected chi connectivity index (χ1v) is 9.31. The van der Waals surface area contributed by atoms with Gasteiger partial charge in [-0.3, -0.25) is 15.0 Å². The van der Waals surface area contributed by atoms with Crippen molar-refractivity contribution in [2.75, 3.05) is 30.4 Å². The Morgan fingerprint density at radius 1 is 1.35 bits per heavy atom. The summed E-state index contributed by atoms with van der Waals surface area (Å²) in [6, 6.07) is 1.83. The molecule has 0 saturated heterocycles. The summed E-state index contributed by atoms with van der Waals surface area (Å²) in [7, 11) is 0. The number of ether oxygens (including phenoxy) is 2.